The number of anilines is 1. The molecule has 0 bridgehead atoms. The highest BCUT2D eigenvalue weighted by Crippen LogP contribution is 2.20. The zero-order chi connectivity index (χ0) is 19.2. The number of carbonyl (C=O) groups excluding carboxylic acids is 1. The molecule has 140 valence electrons. The number of hydrogen-bond donors (Lipinski definition) is 0. The molecule has 0 N–H and O–H groups in total. The van der Waals surface area contributed by atoms with E-state index in [-0.39, 0.29) is 11.5 Å². The Morgan fingerprint density at radius 2 is 1.93 bits per heavy atom. The molecule has 1 unspecified atom stereocenters. The first-order valence-corrected chi connectivity index (χ1v) is 9.12. The molecule has 0 saturated heterocycles. The number of hydrogen-bond acceptors (Lipinski definition) is 4. The number of unbranched alkanes of at least 4 members (excludes halogenated alkanes) is 1. The first-order chi connectivity index (χ1) is 13.1. The van der Waals surface area contributed by atoms with Crippen LogP contribution in [0.5, 0.6) is 0 Å². The Bertz CT molecular complexity index is 933. The maximum Gasteiger partial charge on any atom is 0.267 e. The molecule has 0 saturated carbocycles. The molecule has 0 aliphatic rings. The Hall–Kier alpha value is -3.15. The summed E-state index contributed by atoms with van der Waals surface area (Å²) < 4.78 is 6.58. The van der Waals surface area contributed by atoms with Crippen LogP contribution >= 0.6 is 0 Å². The second kappa shape index (κ2) is 8.49. The number of furan rings is 1. The Morgan fingerprint density at radius 3 is 2.59 bits per heavy atom. The van der Waals surface area contributed by atoms with Crippen LogP contribution in [0.4, 0.5) is 5.69 Å². The van der Waals surface area contributed by atoms with Gasteiger partial charge in [-0.2, -0.15) is 5.10 Å². The van der Waals surface area contributed by atoms with E-state index < -0.39 is 6.04 Å². The van der Waals surface area contributed by atoms with E-state index >= 15 is 0 Å². The topological polar surface area (TPSA) is 68.3 Å². The van der Waals surface area contributed by atoms with Crippen molar-refractivity contribution < 1.29 is 9.21 Å². The van der Waals surface area contributed by atoms with Gasteiger partial charge in [0, 0.05) is 18.3 Å². The molecular formula is C21H23N3O3. The summed E-state index contributed by atoms with van der Waals surface area (Å²) in [4.78, 5) is 27.3. The Morgan fingerprint density at radius 1 is 1.15 bits per heavy atom. The standard InChI is InChI=1S/C21H23N3O3/c1-3-4-14-23(17-9-6-5-7-10-17)21(26)16(2)24-20(25)13-12-18(22-24)19-11-8-15-27-19/h5-13,15-16H,3-4,14H2,1-2H3. The van der Waals surface area contributed by atoms with Gasteiger partial charge in [-0.3, -0.25) is 9.59 Å². The predicted molar refractivity (Wildman–Crippen MR) is 105 cm³/mol. The second-order valence-corrected chi connectivity index (χ2v) is 6.33. The molecule has 2 heterocycles. The lowest BCUT2D eigenvalue weighted by Crippen LogP contribution is -2.40. The fourth-order valence-corrected chi connectivity index (χ4v) is 2.88. The van der Waals surface area contributed by atoms with E-state index in [2.05, 4.69) is 12.0 Å². The monoisotopic (exact) mass is 365 g/mol. The summed E-state index contributed by atoms with van der Waals surface area (Å²) in [5.74, 6) is 0.384. The van der Waals surface area contributed by atoms with E-state index in [9.17, 15) is 9.59 Å². The molecular weight excluding hydrogens is 342 g/mol. The van der Waals surface area contributed by atoms with Crippen molar-refractivity contribution in [3.63, 3.8) is 0 Å². The molecule has 27 heavy (non-hydrogen) atoms. The lowest BCUT2D eigenvalue weighted by molar-refractivity contribution is -0.121. The van der Waals surface area contributed by atoms with Crippen LogP contribution in [0.25, 0.3) is 11.5 Å². The van der Waals surface area contributed by atoms with E-state index in [1.807, 2.05) is 30.3 Å². The summed E-state index contributed by atoms with van der Waals surface area (Å²) in [6, 6.07) is 15.3. The summed E-state index contributed by atoms with van der Waals surface area (Å²) in [6.07, 6.45) is 3.39. The van der Waals surface area contributed by atoms with Crippen molar-refractivity contribution in [1.29, 1.82) is 0 Å². The fraction of sp³-hybridized carbons (Fsp3) is 0.286. The SMILES string of the molecule is CCCCN(C(=O)C(C)n1nc(-c2ccco2)ccc1=O)c1ccccc1. The van der Waals surface area contributed by atoms with Gasteiger partial charge >= 0.3 is 0 Å². The zero-order valence-electron chi connectivity index (χ0n) is 15.5. The van der Waals surface area contributed by atoms with Gasteiger partial charge in [0.15, 0.2) is 5.76 Å². The van der Waals surface area contributed by atoms with Gasteiger partial charge in [0.05, 0.1) is 6.26 Å². The van der Waals surface area contributed by atoms with Crippen molar-refractivity contribution in [2.45, 2.75) is 32.7 Å². The second-order valence-electron chi connectivity index (χ2n) is 6.33. The van der Waals surface area contributed by atoms with Crippen molar-refractivity contribution >= 4 is 11.6 Å². The largest absolute Gasteiger partial charge is 0.463 e. The highest BCUT2D eigenvalue weighted by atomic mass is 16.3. The van der Waals surface area contributed by atoms with Gasteiger partial charge in [-0.15, -0.1) is 0 Å². The fourth-order valence-electron chi connectivity index (χ4n) is 2.88. The molecule has 0 radical (unpaired) electrons. The van der Waals surface area contributed by atoms with E-state index in [0.717, 1.165) is 18.5 Å². The van der Waals surface area contributed by atoms with Crippen LogP contribution < -0.4 is 10.5 Å². The van der Waals surface area contributed by atoms with Crippen LogP contribution in [0.15, 0.2) is 70.1 Å². The Balaban J connectivity index is 1.93. The van der Waals surface area contributed by atoms with Gasteiger partial charge in [-0.25, -0.2) is 4.68 Å². The number of carbonyl (C=O) groups is 1. The maximum atomic E-state index is 13.2. The molecule has 0 spiro atoms. The molecule has 3 rings (SSSR count). The summed E-state index contributed by atoms with van der Waals surface area (Å²) in [5.41, 5.74) is 1.01. The summed E-state index contributed by atoms with van der Waals surface area (Å²) in [7, 11) is 0. The van der Waals surface area contributed by atoms with Crippen LogP contribution in [0.3, 0.4) is 0 Å². The summed E-state index contributed by atoms with van der Waals surface area (Å²) >= 11 is 0. The third-order valence-corrected chi connectivity index (χ3v) is 4.39. The third kappa shape index (κ3) is 4.16. The minimum absolute atomic E-state index is 0.166. The van der Waals surface area contributed by atoms with Gasteiger partial charge in [-0.1, -0.05) is 31.5 Å². The number of aromatic nitrogens is 2. The lowest BCUT2D eigenvalue weighted by Gasteiger charge is -2.26. The molecule has 2 aromatic heterocycles. The number of benzene rings is 1. The average molecular weight is 365 g/mol. The molecule has 1 aromatic carbocycles. The van der Waals surface area contributed by atoms with Crippen molar-refractivity contribution in [3.05, 3.63) is 71.2 Å². The summed E-state index contributed by atoms with van der Waals surface area (Å²) in [6.45, 7) is 4.37. The van der Waals surface area contributed by atoms with Gasteiger partial charge < -0.3 is 9.32 Å². The quantitative estimate of drug-likeness (QED) is 0.637. The molecule has 1 amide bonds. The summed E-state index contributed by atoms with van der Waals surface area (Å²) in [5, 5.41) is 4.36. The van der Waals surface area contributed by atoms with E-state index in [4.69, 9.17) is 4.42 Å². The molecule has 6 heteroatoms. The van der Waals surface area contributed by atoms with Crippen molar-refractivity contribution in [1.82, 2.24) is 9.78 Å². The van der Waals surface area contributed by atoms with Gasteiger partial charge in [0.1, 0.15) is 11.7 Å². The van der Waals surface area contributed by atoms with E-state index in [0.29, 0.717) is 18.0 Å². The maximum absolute atomic E-state index is 13.2. The molecule has 0 fully saturated rings. The Kier molecular flexibility index (Phi) is 5.86. The third-order valence-electron chi connectivity index (χ3n) is 4.39. The van der Waals surface area contributed by atoms with Crippen LogP contribution in [0, 0.1) is 0 Å². The van der Waals surface area contributed by atoms with Crippen molar-refractivity contribution in [2.24, 2.45) is 0 Å². The molecule has 3 aromatic rings. The predicted octanol–water partition coefficient (Wildman–Crippen LogP) is 3.90. The van der Waals surface area contributed by atoms with E-state index in [1.165, 1.54) is 10.7 Å². The van der Waals surface area contributed by atoms with Crippen molar-refractivity contribution in [2.75, 3.05) is 11.4 Å². The molecule has 1 atom stereocenters. The zero-order valence-corrected chi connectivity index (χ0v) is 15.5. The normalized spacial score (nSPS) is 11.9. The average Bonchev–Trinajstić information content (AvgIpc) is 3.23. The van der Waals surface area contributed by atoms with E-state index in [1.54, 1.807) is 36.3 Å². The van der Waals surface area contributed by atoms with Gasteiger partial charge in [0.2, 0.25) is 0 Å². The highest BCUT2D eigenvalue weighted by Gasteiger charge is 2.25. The minimum Gasteiger partial charge on any atom is -0.463 e. The first kappa shape index (κ1) is 18.6. The van der Waals surface area contributed by atoms with Crippen LogP contribution in [-0.4, -0.2) is 22.2 Å². The smallest absolute Gasteiger partial charge is 0.267 e. The minimum atomic E-state index is -0.732. The highest BCUT2D eigenvalue weighted by molar-refractivity contribution is 5.95. The van der Waals surface area contributed by atoms with Gasteiger partial charge in [-0.05, 0) is 43.7 Å². The molecule has 0 aliphatic carbocycles. The molecule has 0 aliphatic heterocycles. The number of para-hydroxylation sites is 1. The number of rotatable bonds is 7. The number of amides is 1. The Labute approximate surface area is 158 Å². The molecule has 6 nitrogen and oxygen atoms in total. The van der Waals surface area contributed by atoms with Crippen LogP contribution in [-0.2, 0) is 4.79 Å². The van der Waals surface area contributed by atoms with Crippen LogP contribution in [0.1, 0.15) is 32.7 Å². The van der Waals surface area contributed by atoms with Crippen molar-refractivity contribution in [3.8, 4) is 11.5 Å². The first-order valence-electron chi connectivity index (χ1n) is 9.12. The lowest BCUT2D eigenvalue weighted by atomic mass is 10.2. The number of nitrogens with zero attached hydrogens (tertiary/aromatic N) is 3. The van der Waals surface area contributed by atoms with Gasteiger partial charge in [0.25, 0.3) is 11.5 Å². The van der Waals surface area contributed by atoms with Crippen LogP contribution in [0.2, 0.25) is 0 Å².